The molecule has 14 nitrogen and oxygen atoms in total. The van der Waals surface area contributed by atoms with Crippen LogP contribution in [0.15, 0.2) is 57.2 Å². The van der Waals surface area contributed by atoms with Crippen molar-refractivity contribution in [1.82, 2.24) is 0 Å². The SMILES string of the molecule is Nc1ccc(Nc2cc(S(=O)(=O)O)c(N)c3c2C(=O)c2ccc(S(=O)(=O)O)cc2C3=O)cc1S(=O)(=O)O. The van der Waals surface area contributed by atoms with Crippen LogP contribution in [0.5, 0.6) is 0 Å². The van der Waals surface area contributed by atoms with Gasteiger partial charge in [0.05, 0.1) is 33.1 Å². The maximum Gasteiger partial charge on any atom is 0.296 e. The molecule has 37 heavy (non-hydrogen) atoms. The van der Waals surface area contributed by atoms with Gasteiger partial charge in [0, 0.05) is 16.8 Å². The van der Waals surface area contributed by atoms with Gasteiger partial charge >= 0.3 is 0 Å². The average Bonchev–Trinajstić information content (AvgIpc) is 2.77. The number of carbonyl (C=O) groups excluding carboxylic acids is 2. The second kappa shape index (κ2) is 8.33. The van der Waals surface area contributed by atoms with E-state index in [2.05, 4.69) is 5.32 Å². The van der Waals surface area contributed by atoms with Gasteiger partial charge in [-0.3, -0.25) is 23.2 Å². The molecule has 0 amide bonds. The van der Waals surface area contributed by atoms with Gasteiger partial charge in [-0.2, -0.15) is 25.3 Å². The molecule has 0 fully saturated rings. The van der Waals surface area contributed by atoms with Gasteiger partial charge in [-0.1, -0.05) is 0 Å². The van der Waals surface area contributed by atoms with E-state index >= 15 is 0 Å². The van der Waals surface area contributed by atoms with E-state index in [1.165, 1.54) is 6.07 Å². The summed E-state index contributed by atoms with van der Waals surface area (Å²) in [6.45, 7) is 0. The molecule has 4 rings (SSSR count). The summed E-state index contributed by atoms with van der Waals surface area (Å²) < 4.78 is 98.7. The number of ketones is 2. The van der Waals surface area contributed by atoms with E-state index in [1.807, 2.05) is 0 Å². The van der Waals surface area contributed by atoms with Crippen molar-refractivity contribution in [3.8, 4) is 0 Å². The molecule has 0 radical (unpaired) electrons. The lowest BCUT2D eigenvalue weighted by Crippen LogP contribution is -2.25. The summed E-state index contributed by atoms with van der Waals surface area (Å²) in [5.74, 6) is -2.02. The maximum absolute atomic E-state index is 13.4. The molecule has 0 saturated carbocycles. The van der Waals surface area contributed by atoms with Gasteiger partial charge in [0.25, 0.3) is 30.4 Å². The fourth-order valence-corrected chi connectivity index (χ4v) is 5.58. The summed E-state index contributed by atoms with van der Waals surface area (Å²) in [4.78, 5) is 24.3. The van der Waals surface area contributed by atoms with Crippen LogP contribution in [-0.2, 0) is 30.4 Å². The minimum atomic E-state index is -5.09. The van der Waals surface area contributed by atoms with E-state index in [4.69, 9.17) is 11.5 Å². The van der Waals surface area contributed by atoms with Crippen LogP contribution in [0.25, 0.3) is 0 Å². The summed E-state index contributed by atoms with van der Waals surface area (Å²) in [6, 6.07) is 6.42. The van der Waals surface area contributed by atoms with Gasteiger partial charge in [0.2, 0.25) is 0 Å². The predicted octanol–water partition coefficient (Wildman–Crippen LogP) is 1.11. The van der Waals surface area contributed by atoms with Crippen molar-refractivity contribution < 1.29 is 48.5 Å². The molecule has 3 aromatic rings. The minimum absolute atomic E-state index is 0.136. The van der Waals surface area contributed by atoms with E-state index in [1.54, 1.807) is 0 Å². The zero-order valence-corrected chi connectivity index (χ0v) is 20.5. The molecular weight excluding hydrogens is 554 g/mol. The number of nitrogens with two attached hydrogens (primary N) is 2. The highest BCUT2D eigenvalue weighted by Crippen LogP contribution is 2.41. The lowest BCUT2D eigenvalue weighted by atomic mass is 9.82. The average molecular weight is 570 g/mol. The Bertz CT molecular complexity index is 1880. The molecular formula is C20H15N3O11S3. The molecule has 0 unspecified atom stereocenters. The van der Waals surface area contributed by atoms with Gasteiger partial charge in [0.1, 0.15) is 9.79 Å². The second-order valence-corrected chi connectivity index (χ2v) is 12.0. The molecule has 1 aliphatic carbocycles. The lowest BCUT2D eigenvalue weighted by Gasteiger charge is -2.24. The van der Waals surface area contributed by atoms with Gasteiger partial charge in [-0.15, -0.1) is 0 Å². The lowest BCUT2D eigenvalue weighted by molar-refractivity contribution is 0.0980. The number of nitrogens with one attached hydrogen (secondary N) is 1. The molecule has 0 saturated heterocycles. The van der Waals surface area contributed by atoms with Crippen molar-refractivity contribution in [1.29, 1.82) is 0 Å². The summed E-state index contributed by atoms with van der Waals surface area (Å²) in [5, 5.41) is 2.56. The van der Waals surface area contributed by atoms with E-state index in [0.29, 0.717) is 6.07 Å². The summed E-state index contributed by atoms with van der Waals surface area (Å²) >= 11 is 0. The number of nitrogen functional groups attached to an aromatic ring is 2. The predicted molar refractivity (Wildman–Crippen MR) is 128 cm³/mol. The number of carbonyl (C=O) groups is 2. The number of hydrogen-bond acceptors (Lipinski definition) is 11. The van der Waals surface area contributed by atoms with Crippen molar-refractivity contribution in [3.63, 3.8) is 0 Å². The Morgan fingerprint density at radius 3 is 1.81 bits per heavy atom. The molecule has 3 aromatic carbocycles. The first-order valence-electron chi connectivity index (χ1n) is 9.70. The van der Waals surface area contributed by atoms with E-state index in [9.17, 15) is 48.5 Å². The first kappa shape index (κ1) is 26.2. The zero-order chi connectivity index (χ0) is 27.7. The minimum Gasteiger partial charge on any atom is -0.398 e. The van der Waals surface area contributed by atoms with Crippen LogP contribution in [0.3, 0.4) is 0 Å². The van der Waals surface area contributed by atoms with E-state index in [-0.39, 0.29) is 16.9 Å². The number of rotatable bonds is 5. The molecule has 1 aliphatic rings. The molecule has 0 atom stereocenters. The standard InChI is InChI=1S/C20H15N3O11S3/c21-12-4-1-8(5-14(12)36(29,30)31)23-13-7-15(37(32,33)34)18(22)17-16(13)19(24)10-3-2-9(35(26,27)28)6-11(10)20(17)25/h1-7,23H,21-22H2,(H,26,27,28)(H,29,30,31)(H,32,33,34). The van der Waals surface area contributed by atoms with E-state index in [0.717, 1.165) is 30.3 Å². The van der Waals surface area contributed by atoms with Crippen LogP contribution in [-0.4, -0.2) is 50.5 Å². The van der Waals surface area contributed by atoms with Crippen molar-refractivity contribution in [2.24, 2.45) is 0 Å². The first-order valence-corrected chi connectivity index (χ1v) is 14.0. The van der Waals surface area contributed by atoms with Gasteiger partial charge in [-0.05, 0) is 42.5 Å². The number of anilines is 4. The van der Waals surface area contributed by atoms with Crippen LogP contribution >= 0.6 is 0 Å². The molecule has 0 bridgehead atoms. The molecule has 0 spiro atoms. The summed E-state index contributed by atoms with van der Waals surface area (Å²) in [7, 11) is -14.7. The molecule has 17 heteroatoms. The Morgan fingerprint density at radius 2 is 1.24 bits per heavy atom. The normalized spacial score (nSPS) is 13.7. The van der Waals surface area contributed by atoms with Gasteiger partial charge in [0.15, 0.2) is 11.6 Å². The highest BCUT2D eigenvalue weighted by molar-refractivity contribution is 7.86. The number of fused-ring (bicyclic) bond motifs is 2. The highest BCUT2D eigenvalue weighted by Gasteiger charge is 2.37. The maximum atomic E-state index is 13.4. The number of benzene rings is 3. The summed E-state index contributed by atoms with van der Waals surface area (Å²) in [5.41, 5.74) is 7.70. The molecule has 0 aliphatic heterocycles. The Morgan fingerprint density at radius 1 is 0.649 bits per heavy atom. The molecule has 194 valence electrons. The highest BCUT2D eigenvalue weighted by atomic mass is 32.2. The third-order valence-electron chi connectivity index (χ3n) is 5.41. The zero-order valence-electron chi connectivity index (χ0n) is 18.0. The molecule has 8 N–H and O–H groups in total. The topological polar surface area (TPSA) is 261 Å². The van der Waals surface area contributed by atoms with E-state index < -0.39 is 84.7 Å². The Kier molecular flexibility index (Phi) is 5.90. The fraction of sp³-hybridized carbons (Fsp3) is 0. The van der Waals surface area contributed by atoms with Gasteiger partial charge < -0.3 is 16.8 Å². The van der Waals surface area contributed by atoms with Crippen LogP contribution in [0.4, 0.5) is 22.7 Å². The fourth-order valence-electron chi connectivity index (χ4n) is 3.79. The third-order valence-corrected chi connectivity index (χ3v) is 8.06. The molecule has 0 heterocycles. The number of hydrogen-bond donors (Lipinski definition) is 6. The third kappa shape index (κ3) is 4.54. The Balaban J connectivity index is 2.02. The van der Waals surface area contributed by atoms with Crippen LogP contribution in [0.2, 0.25) is 0 Å². The van der Waals surface area contributed by atoms with Crippen molar-refractivity contribution in [2.75, 3.05) is 16.8 Å². The Labute approximate surface area is 209 Å². The Hall–Kier alpha value is -3.87. The van der Waals surface area contributed by atoms with Crippen LogP contribution in [0.1, 0.15) is 31.8 Å². The van der Waals surface area contributed by atoms with Crippen molar-refractivity contribution >= 4 is 64.7 Å². The largest absolute Gasteiger partial charge is 0.398 e. The summed E-state index contributed by atoms with van der Waals surface area (Å²) in [6.07, 6.45) is 0. The van der Waals surface area contributed by atoms with Crippen LogP contribution < -0.4 is 16.8 Å². The van der Waals surface area contributed by atoms with Crippen molar-refractivity contribution in [3.05, 3.63) is 64.7 Å². The van der Waals surface area contributed by atoms with Crippen LogP contribution in [0, 0.1) is 0 Å². The van der Waals surface area contributed by atoms with Gasteiger partial charge in [-0.25, -0.2) is 0 Å². The first-order chi connectivity index (χ1) is 16.9. The van der Waals surface area contributed by atoms with Crippen molar-refractivity contribution in [2.45, 2.75) is 14.7 Å². The smallest absolute Gasteiger partial charge is 0.296 e. The molecule has 0 aromatic heterocycles. The monoisotopic (exact) mass is 569 g/mol. The quantitative estimate of drug-likeness (QED) is 0.145. The second-order valence-electron chi connectivity index (χ2n) is 7.75.